The number of anilines is 1. The lowest BCUT2D eigenvalue weighted by atomic mass is 10.3. The number of alkyl halides is 3. The van der Waals surface area contributed by atoms with Gasteiger partial charge in [0.15, 0.2) is 0 Å². The summed E-state index contributed by atoms with van der Waals surface area (Å²) in [6.45, 7) is 0. The Hall–Kier alpha value is -1.14. The van der Waals surface area contributed by atoms with E-state index >= 15 is 0 Å². The topological polar surface area (TPSA) is 33.3 Å². The molecule has 1 aromatic rings. The van der Waals surface area contributed by atoms with Crippen LogP contribution in [-0.4, -0.2) is 6.36 Å². The Bertz CT molecular complexity index is 305. The number of ether oxygens (including phenoxy) is 1. The predicted octanol–water partition coefficient (Wildman–Crippen LogP) is 2.66. The van der Waals surface area contributed by atoms with Crippen LogP contribution in [0.3, 0.4) is 0 Å². The molecule has 0 bridgehead atoms. The van der Waals surface area contributed by atoms with Crippen molar-refractivity contribution >= 4 is 17.5 Å². The van der Waals surface area contributed by atoms with Crippen LogP contribution in [-0.2, 0) is 0 Å². The quantitative estimate of drug-likeness (QED) is 0.614. The highest BCUT2D eigenvalue weighted by atomic mass is 35.5. The van der Waals surface area contributed by atoms with Gasteiger partial charge in [-0.25, -0.2) is 0 Å². The minimum atomic E-state index is -4.69. The number of hydrazine groups is 1. The van der Waals surface area contributed by atoms with Crippen molar-refractivity contribution in [2.45, 2.75) is 6.36 Å². The Balaban J connectivity index is 2.73. The highest BCUT2D eigenvalue weighted by Crippen LogP contribution is 2.24. The Labute approximate surface area is 82.9 Å². The van der Waals surface area contributed by atoms with Crippen LogP contribution in [0.1, 0.15) is 0 Å². The summed E-state index contributed by atoms with van der Waals surface area (Å²) in [7, 11) is 0. The molecule has 0 saturated heterocycles. The summed E-state index contributed by atoms with van der Waals surface area (Å²) in [5.74, 6) is -0.311. The molecule has 0 aliphatic heterocycles. The summed E-state index contributed by atoms with van der Waals surface area (Å²) in [5, 5.41) is 0. The SMILES string of the molecule is FC(F)(F)Oc1cccc(NNCl)c1. The number of hydrogen-bond donors (Lipinski definition) is 2. The van der Waals surface area contributed by atoms with Gasteiger partial charge >= 0.3 is 6.36 Å². The first-order valence-corrected chi connectivity index (χ1v) is 3.86. The summed E-state index contributed by atoms with van der Waals surface area (Å²) in [5.41, 5.74) is 2.76. The number of nitrogens with one attached hydrogen (secondary N) is 2. The van der Waals surface area contributed by atoms with Crippen molar-refractivity contribution in [1.29, 1.82) is 0 Å². The Kier molecular flexibility index (Phi) is 3.43. The predicted molar refractivity (Wildman–Crippen MR) is 45.7 cm³/mol. The molecular weight excluding hydrogens is 221 g/mol. The highest BCUT2D eigenvalue weighted by molar-refractivity contribution is 6.13. The summed E-state index contributed by atoms with van der Waals surface area (Å²) >= 11 is 5.10. The number of halogens is 4. The van der Waals surface area contributed by atoms with E-state index in [1.807, 2.05) is 0 Å². The lowest BCUT2D eigenvalue weighted by Gasteiger charge is -2.09. The molecular formula is C7H6ClF3N2O. The molecule has 78 valence electrons. The minimum absolute atomic E-state index is 0.311. The Morgan fingerprint density at radius 3 is 2.57 bits per heavy atom. The van der Waals surface area contributed by atoms with Gasteiger partial charge in [0, 0.05) is 6.07 Å². The van der Waals surface area contributed by atoms with Gasteiger partial charge in [-0.3, -0.25) is 0 Å². The zero-order chi connectivity index (χ0) is 10.6. The maximum absolute atomic E-state index is 11.8. The van der Waals surface area contributed by atoms with Crippen LogP contribution in [0.4, 0.5) is 18.9 Å². The molecule has 0 fully saturated rings. The van der Waals surface area contributed by atoms with Crippen molar-refractivity contribution in [2.24, 2.45) is 0 Å². The Morgan fingerprint density at radius 2 is 2.00 bits per heavy atom. The van der Waals surface area contributed by atoms with E-state index in [0.29, 0.717) is 5.69 Å². The van der Waals surface area contributed by atoms with Gasteiger partial charge in [-0.2, -0.15) is 0 Å². The van der Waals surface area contributed by atoms with Crippen LogP contribution >= 0.6 is 11.8 Å². The molecule has 1 aromatic carbocycles. The van der Waals surface area contributed by atoms with Crippen molar-refractivity contribution in [3.05, 3.63) is 24.3 Å². The molecule has 0 amide bonds. The van der Waals surface area contributed by atoms with Gasteiger partial charge in [0.2, 0.25) is 0 Å². The van der Waals surface area contributed by atoms with E-state index < -0.39 is 6.36 Å². The molecule has 2 N–H and O–H groups in total. The fourth-order valence-electron chi connectivity index (χ4n) is 0.826. The van der Waals surface area contributed by atoms with E-state index in [4.69, 9.17) is 11.8 Å². The smallest absolute Gasteiger partial charge is 0.406 e. The van der Waals surface area contributed by atoms with Gasteiger partial charge in [-0.05, 0) is 23.9 Å². The fourth-order valence-corrected chi connectivity index (χ4v) is 0.935. The fraction of sp³-hybridized carbons (Fsp3) is 0.143. The van der Waals surface area contributed by atoms with Crippen molar-refractivity contribution in [1.82, 2.24) is 4.94 Å². The van der Waals surface area contributed by atoms with Gasteiger partial charge in [0.1, 0.15) is 5.75 Å². The molecule has 0 aliphatic rings. The first-order chi connectivity index (χ1) is 6.51. The molecule has 7 heteroatoms. The molecule has 0 heterocycles. The van der Waals surface area contributed by atoms with E-state index in [1.165, 1.54) is 18.2 Å². The zero-order valence-electron chi connectivity index (χ0n) is 6.73. The van der Waals surface area contributed by atoms with Crippen molar-refractivity contribution in [2.75, 3.05) is 5.43 Å². The maximum atomic E-state index is 11.8. The second-order valence-corrected chi connectivity index (χ2v) is 2.48. The van der Waals surface area contributed by atoms with Gasteiger partial charge in [0.05, 0.1) is 5.69 Å². The third-order valence-electron chi connectivity index (χ3n) is 1.26. The van der Waals surface area contributed by atoms with Gasteiger partial charge in [0.25, 0.3) is 0 Å². The summed E-state index contributed by atoms with van der Waals surface area (Å²) in [4.78, 5) is 2.06. The van der Waals surface area contributed by atoms with Gasteiger partial charge in [-0.1, -0.05) is 6.07 Å². The van der Waals surface area contributed by atoms with E-state index in [9.17, 15) is 13.2 Å². The molecule has 14 heavy (non-hydrogen) atoms. The average Bonchev–Trinajstić information content (AvgIpc) is 2.02. The molecule has 0 unspecified atom stereocenters. The van der Waals surface area contributed by atoms with Gasteiger partial charge < -0.3 is 10.2 Å². The highest BCUT2D eigenvalue weighted by Gasteiger charge is 2.31. The summed E-state index contributed by atoms with van der Waals surface area (Å²) < 4.78 is 39.0. The number of rotatable bonds is 3. The van der Waals surface area contributed by atoms with E-state index in [2.05, 4.69) is 15.1 Å². The third kappa shape index (κ3) is 3.71. The monoisotopic (exact) mass is 226 g/mol. The molecule has 0 atom stereocenters. The first-order valence-electron chi connectivity index (χ1n) is 3.49. The molecule has 0 spiro atoms. The van der Waals surface area contributed by atoms with Crippen molar-refractivity contribution in [3.63, 3.8) is 0 Å². The largest absolute Gasteiger partial charge is 0.573 e. The van der Waals surface area contributed by atoms with Crippen LogP contribution in [0.5, 0.6) is 5.75 Å². The number of benzene rings is 1. The summed E-state index contributed by atoms with van der Waals surface area (Å²) in [6.07, 6.45) is -4.69. The molecule has 1 rings (SSSR count). The van der Waals surface area contributed by atoms with E-state index in [0.717, 1.165) is 6.07 Å². The molecule has 0 aliphatic carbocycles. The third-order valence-corrected chi connectivity index (χ3v) is 1.35. The minimum Gasteiger partial charge on any atom is -0.406 e. The van der Waals surface area contributed by atoms with Crippen LogP contribution < -0.4 is 15.1 Å². The standard InChI is InChI=1S/C7H6ClF3N2O/c8-13-12-5-2-1-3-6(4-5)14-7(9,10)11/h1-4,12-13H. The molecule has 0 aromatic heterocycles. The normalized spacial score (nSPS) is 11.1. The molecule has 3 nitrogen and oxygen atoms in total. The summed E-state index contributed by atoms with van der Waals surface area (Å²) in [6, 6.07) is 5.27. The lowest BCUT2D eigenvalue weighted by Crippen LogP contribution is -2.17. The van der Waals surface area contributed by atoms with Crippen LogP contribution in [0.15, 0.2) is 24.3 Å². The maximum Gasteiger partial charge on any atom is 0.573 e. The Morgan fingerprint density at radius 1 is 1.29 bits per heavy atom. The lowest BCUT2D eigenvalue weighted by molar-refractivity contribution is -0.274. The zero-order valence-corrected chi connectivity index (χ0v) is 7.49. The second-order valence-electron chi connectivity index (χ2n) is 2.30. The van der Waals surface area contributed by atoms with Crippen LogP contribution in [0.25, 0.3) is 0 Å². The number of hydrogen-bond acceptors (Lipinski definition) is 3. The van der Waals surface area contributed by atoms with E-state index in [-0.39, 0.29) is 5.75 Å². The molecule has 0 saturated carbocycles. The van der Waals surface area contributed by atoms with Crippen LogP contribution in [0.2, 0.25) is 0 Å². The first kappa shape index (κ1) is 10.9. The van der Waals surface area contributed by atoms with E-state index in [1.54, 1.807) is 0 Å². The van der Waals surface area contributed by atoms with Crippen LogP contribution in [0, 0.1) is 0 Å². The molecule has 0 radical (unpaired) electrons. The van der Waals surface area contributed by atoms with Crippen molar-refractivity contribution in [3.8, 4) is 5.75 Å². The van der Waals surface area contributed by atoms with Gasteiger partial charge in [-0.15, -0.1) is 18.1 Å². The second kappa shape index (κ2) is 4.39. The van der Waals surface area contributed by atoms with Crippen molar-refractivity contribution < 1.29 is 17.9 Å². The average molecular weight is 227 g/mol.